The summed E-state index contributed by atoms with van der Waals surface area (Å²) in [6.45, 7) is 1.99. The molecule has 0 aromatic heterocycles. The lowest BCUT2D eigenvalue weighted by atomic mass is 10.1. The third-order valence-corrected chi connectivity index (χ3v) is 3.91. The Balaban J connectivity index is 2.05. The Hall–Kier alpha value is -0.730. The maximum Gasteiger partial charge on any atom is 0.0741 e. The van der Waals surface area contributed by atoms with E-state index in [0.29, 0.717) is 0 Å². The van der Waals surface area contributed by atoms with Crippen molar-refractivity contribution in [1.29, 1.82) is 0 Å². The predicted molar refractivity (Wildman–Crippen MR) is 72.7 cm³/mol. The van der Waals surface area contributed by atoms with Crippen LogP contribution in [-0.2, 0) is 0 Å². The molecule has 3 heteroatoms. The van der Waals surface area contributed by atoms with Crippen molar-refractivity contribution in [3.63, 3.8) is 0 Å². The Morgan fingerprint density at radius 3 is 2.76 bits per heavy atom. The zero-order chi connectivity index (χ0) is 12.3. The molecule has 1 fully saturated rings. The van der Waals surface area contributed by atoms with Crippen LogP contribution < -0.4 is 5.32 Å². The van der Waals surface area contributed by atoms with Gasteiger partial charge in [-0.25, -0.2) is 0 Å². The third kappa shape index (κ3) is 3.36. The third-order valence-electron chi connectivity index (χ3n) is 3.50. The van der Waals surface area contributed by atoms with Crippen molar-refractivity contribution in [2.45, 2.75) is 51.2 Å². The van der Waals surface area contributed by atoms with Gasteiger partial charge < -0.3 is 10.4 Å². The van der Waals surface area contributed by atoms with Crippen LogP contribution in [0.1, 0.15) is 37.7 Å². The summed E-state index contributed by atoms with van der Waals surface area (Å²) in [6.07, 6.45) is 5.24. The fourth-order valence-corrected chi connectivity index (χ4v) is 2.53. The number of rotatable bonds is 2. The molecule has 1 aromatic carbocycles. The van der Waals surface area contributed by atoms with Gasteiger partial charge in [-0.15, -0.1) is 0 Å². The van der Waals surface area contributed by atoms with Gasteiger partial charge in [0.25, 0.3) is 0 Å². The van der Waals surface area contributed by atoms with Gasteiger partial charge in [0, 0.05) is 10.7 Å². The first-order chi connectivity index (χ1) is 8.16. The second-order valence-electron chi connectivity index (χ2n) is 4.92. The number of halogens is 1. The zero-order valence-electron chi connectivity index (χ0n) is 10.2. The molecular formula is C14H20ClNO. The molecule has 17 heavy (non-hydrogen) atoms. The average molecular weight is 254 g/mol. The molecule has 2 rings (SSSR count). The molecule has 2 atom stereocenters. The van der Waals surface area contributed by atoms with Gasteiger partial charge >= 0.3 is 0 Å². The minimum absolute atomic E-state index is 0.163. The molecule has 94 valence electrons. The highest BCUT2D eigenvalue weighted by Gasteiger charge is 2.21. The normalized spacial score (nSPS) is 25.4. The van der Waals surface area contributed by atoms with Crippen molar-refractivity contribution in [3.8, 4) is 0 Å². The summed E-state index contributed by atoms with van der Waals surface area (Å²) in [5, 5.41) is 14.2. The molecule has 1 aliphatic rings. The molecule has 1 aromatic rings. The van der Waals surface area contributed by atoms with E-state index in [1.807, 2.05) is 25.1 Å². The largest absolute Gasteiger partial charge is 0.391 e. The van der Waals surface area contributed by atoms with Gasteiger partial charge in [-0.1, -0.05) is 36.9 Å². The summed E-state index contributed by atoms with van der Waals surface area (Å²) in [4.78, 5) is 0. The first-order valence-corrected chi connectivity index (χ1v) is 6.75. The van der Waals surface area contributed by atoms with Crippen LogP contribution in [0.4, 0.5) is 5.69 Å². The van der Waals surface area contributed by atoms with E-state index >= 15 is 0 Å². The fraction of sp³-hybridized carbons (Fsp3) is 0.571. The predicted octanol–water partition coefficient (Wildman–Crippen LogP) is 3.75. The Labute approximate surface area is 108 Å². The lowest BCUT2D eigenvalue weighted by Gasteiger charge is -2.23. The van der Waals surface area contributed by atoms with E-state index in [2.05, 4.69) is 5.32 Å². The van der Waals surface area contributed by atoms with Crippen LogP contribution >= 0.6 is 11.6 Å². The van der Waals surface area contributed by atoms with Gasteiger partial charge in [0.15, 0.2) is 0 Å². The molecule has 0 heterocycles. The maximum absolute atomic E-state index is 10.0. The Kier molecular flexibility index (Phi) is 4.30. The molecule has 2 nitrogen and oxygen atoms in total. The summed E-state index contributed by atoms with van der Waals surface area (Å²) in [5.41, 5.74) is 2.09. The molecule has 0 amide bonds. The van der Waals surface area contributed by atoms with Crippen molar-refractivity contribution in [2.24, 2.45) is 0 Å². The van der Waals surface area contributed by atoms with Crippen LogP contribution in [0.25, 0.3) is 0 Å². The summed E-state index contributed by atoms with van der Waals surface area (Å²) < 4.78 is 0. The second kappa shape index (κ2) is 5.74. The van der Waals surface area contributed by atoms with Gasteiger partial charge in [-0.2, -0.15) is 0 Å². The van der Waals surface area contributed by atoms with Crippen molar-refractivity contribution in [3.05, 3.63) is 28.8 Å². The minimum Gasteiger partial charge on any atom is -0.391 e. The summed E-state index contributed by atoms with van der Waals surface area (Å²) >= 11 is 6.10. The quantitative estimate of drug-likeness (QED) is 0.787. The lowest BCUT2D eigenvalue weighted by Crippen LogP contribution is -2.32. The van der Waals surface area contributed by atoms with Gasteiger partial charge in [0.1, 0.15) is 0 Å². The number of hydrogen-bond acceptors (Lipinski definition) is 2. The molecule has 0 saturated heterocycles. The van der Waals surface area contributed by atoms with Crippen molar-refractivity contribution in [1.82, 2.24) is 0 Å². The van der Waals surface area contributed by atoms with E-state index in [1.54, 1.807) is 0 Å². The number of hydrogen-bond donors (Lipinski definition) is 2. The van der Waals surface area contributed by atoms with Crippen molar-refractivity contribution >= 4 is 17.3 Å². The molecule has 0 aliphatic heterocycles. The maximum atomic E-state index is 10.0. The number of nitrogens with one attached hydrogen (secondary N) is 1. The second-order valence-corrected chi connectivity index (χ2v) is 5.33. The smallest absolute Gasteiger partial charge is 0.0741 e. The van der Waals surface area contributed by atoms with E-state index in [-0.39, 0.29) is 12.1 Å². The highest BCUT2D eigenvalue weighted by molar-refractivity contribution is 6.31. The van der Waals surface area contributed by atoms with E-state index < -0.39 is 0 Å². The number of aliphatic hydroxyl groups excluding tert-OH is 1. The molecule has 2 unspecified atom stereocenters. The first-order valence-electron chi connectivity index (χ1n) is 6.37. The molecular weight excluding hydrogens is 234 g/mol. The zero-order valence-corrected chi connectivity index (χ0v) is 11.0. The number of aliphatic hydroxyl groups is 1. The Bertz CT molecular complexity index is 380. The number of anilines is 1. The van der Waals surface area contributed by atoms with E-state index in [0.717, 1.165) is 35.5 Å². The van der Waals surface area contributed by atoms with Gasteiger partial charge in [0.2, 0.25) is 0 Å². The monoisotopic (exact) mass is 253 g/mol. The molecule has 0 radical (unpaired) electrons. The van der Waals surface area contributed by atoms with Crippen LogP contribution in [0, 0.1) is 6.92 Å². The van der Waals surface area contributed by atoms with Gasteiger partial charge in [0.05, 0.1) is 12.1 Å². The Morgan fingerprint density at radius 2 is 2.00 bits per heavy atom. The summed E-state index contributed by atoms with van der Waals surface area (Å²) in [5.74, 6) is 0. The Morgan fingerprint density at radius 1 is 1.24 bits per heavy atom. The highest BCUT2D eigenvalue weighted by Crippen LogP contribution is 2.24. The van der Waals surface area contributed by atoms with Crippen LogP contribution in [-0.4, -0.2) is 17.3 Å². The fourth-order valence-electron chi connectivity index (χ4n) is 2.35. The first kappa shape index (κ1) is 12.7. The van der Waals surface area contributed by atoms with E-state index in [1.165, 1.54) is 12.8 Å². The number of aryl methyl sites for hydroxylation is 1. The molecule has 1 aliphatic carbocycles. The summed E-state index contributed by atoms with van der Waals surface area (Å²) in [7, 11) is 0. The number of benzene rings is 1. The summed E-state index contributed by atoms with van der Waals surface area (Å²) in [6, 6.07) is 6.14. The topological polar surface area (TPSA) is 32.3 Å². The van der Waals surface area contributed by atoms with Crippen LogP contribution in [0.15, 0.2) is 18.2 Å². The lowest BCUT2D eigenvalue weighted by molar-refractivity contribution is 0.144. The van der Waals surface area contributed by atoms with Gasteiger partial charge in [-0.3, -0.25) is 0 Å². The van der Waals surface area contributed by atoms with Crippen molar-refractivity contribution < 1.29 is 5.11 Å². The van der Waals surface area contributed by atoms with E-state index in [4.69, 9.17) is 11.6 Å². The van der Waals surface area contributed by atoms with Gasteiger partial charge in [-0.05, 0) is 37.5 Å². The molecule has 0 spiro atoms. The SMILES string of the molecule is Cc1ccc(NC2CCCCCC2O)cc1Cl. The molecule has 2 N–H and O–H groups in total. The standard InChI is InChI=1S/C14H20ClNO/c1-10-7-8-11(9-12(10)15)16-13-5-3-2-4-6-14(13)17/h7-9,13-14,16-17H,2-6H2,1H3. The highest BCUT2D eigenvalue weighted by atomic mass is 35.5. The van der Waals surface area contributed by atoms with Crippen LogP contribution in [0.3, 0.4) is 0 Å². The van der Waals surface area contributed by atoms with Crippen LogP contribution in [0.5, 0.6) is 0 Å². The minimum atomic E-state index is -0.238. The van der Waals surface area contributed by atoms with Crippen molar-refractivity contribution in [2.75, 3.05) is 5.32 Å². The van der Waals surface area contributed by atoms with E-state index in [9.17, 15) is 5.11 Å². The molecule has 1 saturated carbocycles. The molecule has 0 bridgehead atoms. The average Bonchev–Trinajstić information content (AvgIpc) is 2.50. The van der Waals surface area contributed by atoms with Crippen LogP contribution in [0.2, 0.25) is 5.02 Å².